The maximum Gasteiger partial charge on any atom is 0.407 e. The van der Waals surface area contributed by atoms with Gasteiger partial charge in [-0.3, -0.25) is 0 Å². The van der Waals surface area contributed by atoms with Crippen molar-refractivity contribution in [3.05, 3.63) is 29.9 Å². The molecule has 7 nitrogen and oxygen atoms in total. The van der Waals surface area contributed by atoms with Gasteiger partial charge in [-0.2, -0.15) is 4.98 Å². The minimum atomic E-state index is -0.905. The van der Waals surface area contributed by atoms with Crippen LogP contribution < -0.4 is 0 Å². The largest absolute Gasteiger partial charge is 0.465 e. The summed E-state index contributed by atoms with van der Waals surface area (Å²) in [6, 6.07) is 4.81. The molecule has 0 radical (unpaired) electrons. The van der Waals surface area contributed by atoms with Crippen molar-refractivity contribution in [2.24, 2.45) is 0 Å². The maximum absolute atomic E-state index is 13.9. The molecule has 0 bridgehead atoms. The Morgan fingerprint density at radius 1 is 1.46 bits per heavy atom. The Labute approximate surface area is 154 Å². The summed E-state index contributed by atoms with van der Waals surface area (Å²) in [5, 5.41) is 12.9. The summed E-state index contributed by atoms with van der Waals surface area (Å²) >= 11 is 1.33. The number of carbonyl (C=O) groups is 1. The zero-order valence-electron chi connectivity index (χ0n) is 14.5. The molecule has 1 aliphatic heterocycles. The SMILES string of the molecule is CSc1ccc(-c2noc(C(C)OC3CCN(C(=O)O)CC3)n2)cc1F. The van der Waals surface area contributed by atoms with Crippen molar-refractivity contribution in [1.29, 1.82) is 0 Å². The summed E-state index contributed by atoms with van der Waals surface area (Å²) in [6.45, 7) is 2.70. The zero-order valence-corrected chi connectivity index (χ0v) is 15.3. The second kappa shape index (κ2) is 8.05. The Balaban J connectivity index is 1.62. The Morgan fingerprint density at radius 2 is 2.19 bits per heavy atom. The van der Waals surface area contributed by atoms with E-state index in [1.165, 1.54) is 22.7 Å². The van der Waals surface area contributed by atoms with Crippen LogP contribution in [0.15, 0.2) is 27.6 Å². The number of thioether (sulfide) groups is 1. The van der Waals surface area contributed by atoms with Gasteiger partial charge in [-0.05, 0) is 44.2 Å². The van der Waals surface area contributed by atoms with Gasteiger partial charge in [0.2, 0.25) is 5.82 Å². The summed E-state index contributed by atoms with van der Waals surface area (Å²) in [5.41, 5.74) is 0.539. The second-order valence-electron chi connectivity index (χ2n) is 6.05. The number of aromatic nitrogens is 2. The number of halogens is 1. The predicted octanol–water partition coefficient (Wildman–Crippen LogP) is 3.82. The summed E-state index contributed by atoms with van der Waals surface area (Å²) in [6.07, 6.45) is 1.67. The van der Waals surface area contributed by atoms with Crippen LogP contribution in [0.25, 0.3) is 11.4 Å². The first-order valence-corrected chi connectivity index (χ1v) is 9.51. The molecule has 1 fully saturated rings. The van der Waals surface area contributed by atoms with Crippen molar-refractivity contribution in [3.63, 3.8) is 0 Å². The maximum atomic E-state index is 13.9. The van der Waals surface area contributed by atoms with E-state index in [9.17, 15) is 9.18 Å². The van der Waals surface area contributed by atoms with E-state index in [0.29, 0.717) is 48.1 Å². The van der Waals surface area contributed by atoms with E-state index in [-0.39, 0.29) is 11.9 Å². The van der Waals surface area contributed by atoms with Gasteiger partial charge in [-0.15, -0.1) is 11.8 Å². The van der Waals surface area contributed by atoms with Crippen molar-refractivity contribution in [3.8, 4) is 11.4 Å². The van der Waals surface area contributed by atoms with E-state index in [0.717, 1.165) is 0 Å². The van der Waals surface area contributed by atoms with Gasteiger partial charge in [0.1, 0.15) is 11.9 Å². The minimum Gasteiger partial charge on any atom is -0.465 e. The summed E-state index contributed by atoms with van der Waals surface area (Å²) < 4.78 is 25.1. The van der Waals surface area contributed by atoms with Crippen LogP contribution in [-0.2, 0) is 4.74 Å². The highest BCUT2D eigenvalue weighted by Crippen LogP contribution is 2.27. The number of piperidine rings is 1. The normalized spacial score (nSPS) is 16.7. The number of rotatable bonds is 5. The summed E-state index contributed by atoms with van der Waals surface area (Å²) in [7, 11) is 0. The van der Waals surface area contributed by atoms with Crippen molar-refractivity contribution >= 4 is 17.9 Å². The standard InChI is InChI=1S/C17H20FN3O4S/c1-10(24-12-5-7-21(8-6-12)17(22)23)16-19-15(20-25-16)11-3-4-14(26-2)13(18)9-11/h3-4,9-10,12H,5-8H2,1-2H3,(H,22,23). The number of carboxylic acid groups (broad SMARTS) is 1. The van der Waals surface area contributed by atoms with Crippen LogP contribution in [0.4, 0.5) is 9.18 Å². The van der Waals surface area contributed by atoms with Crippen LogP contribution >= 0.6 is 11.8 Å². The predicted molar refractivity (Wildman–Crippen MR) is 93.6 cm³/mol. The molecule has 1 amide bonds. The number of hydrogen-bond acceptors (Lipinski definition) is 6. The first-order valence-electron chi connectivity index (χ1n) is 8.28. The van der Waals surface area contributed by atoms with Gasteiger partial charge in [0.15, 0.2) is 0 Å². The van der Waals surface area contributed by atoms with E-state index in [1.807, 2.05) is 6.26 Å². The third kappa shape index (κ3) is 4.16. The number of benzene rings is 1. The van der Waals surface area contributed by atoms with Crippen LogP contribution in [0.1, 0.15) is 31.8 Å². The van der Waals surface area contributed by atoms with E-state index >= 15 is 0 Å². The van der Waals surface area contributed by atoms with Crippen LogP contribution in [0.2, 0.25) is 0 Å². The molecule has 1 unspecified atom stereocenters. The molecule has 1 N–H and O–H groups in total. The van der Waals surface area contributed by atoms with Crippen molar-refractivity contribution in [1.82, 2.24) is 15.0 Å². The third-order valence-electron chi connectivity index (χ3n) is 4.31. The average molecular weight is 381 g/mol. The molecule has 1 aliphatic rings. The van der Waals surface area contributed by atoms with Gasteiger partial charge in [-0.25, -0.2) is 9.18 Å². The number of likely N-dealkylation sites (tertiary alicyclic amines) is 1. The molecule has 2 aromatic rings. The van der Waals surface area contributed by atoms with Gasteiger partial charge in [-0.1, -0.05) is 5.16 Å². The molecule has 3 rings (SSSR count). The third-order valence-corrected chi connectivity index (χ3v) is 5.08. The Bertz CT molecular complexity index is 777. The lowest BCUT2D eigenvalue weighted by molar-refractivity contribution is -0.0451. The fraction of sp³-hybridized carbons (Fsp3) is 0.471. The van der Waals surface area contributed by atoms with Crippen molar-refractivity contribution in [2.75, 3.05) is 19.3 Å². The van der Waals surface area contributed by atoms with Gasteiger partial charge in [0.05, 0.1) is 6.10 Å². The molecule has 1 aromatic heterocycles. The first kappa shape index (κ1) is 18.7. The molecule has 9 heteroatoms. The average Bonchev–Trinajstić information content (AvgIpc) is 3.12. The van der Waals surface area contributed by atoms with Gasteiger partial charge in [0.25, 0.3) is 5.89 Å². The zero-order chi connectivity index (χ0) is 18.7. The fourth-order valence-electron chi connectivity index (χ4n) is 2.85. The highest BCUT2D eigenvalue weighted by Gasteiger charge is 2.26. The molecule has 1 aromatic carbocycles. The van der Waals surface area contributed by atoms with E-state index in [1.54, 1.807) is 19.1 Å². The lowest BCUT2D eigenvalue weighted by Crippen LogP contribution is -2.40. The second-order valence-corrected chi connectivity index (χ2v) is 6.90. The summed E-state index contributed by atoms with van der Waals surface area (Å²) in [5.74, 6) is 0.300. The highest BCUT2D eigenvalue weighted by molar-refractivity contribution is 7.98. The molecule has 0 aliphatic carbocycles. The number of nitrogens with zero attached hydrogens (tertiary/aromatic N) is 3. The Morgan fingerprint density at radius 3 is 2.81 bits per heavy atom. The number of ether oxygens (including phenoxy) is 1. The minimum absolute atomic E-state index is 0.0609. The summed E-state index contributed by atoms with van der Waals surface area (Å²) in [4.78, 5) is 17.2. The molecule has 26 heavy (non-hydrogen) atoms. The van der Waals surface area contributed by atoms with Gasteiger partial charge in [0, 0.05) is 23.5 Å². The first-order chi connectivity index (χ1) is 12.5. The molecular formula is C17H20FN3O4S. The Kier molecular flexibility index (Phi) is 5.77. The number of amides is 1. The van der Waals surface area contributed by atoms with E-state index in [4.69, 9.17) is 14.4 Å². The molecule has 1 atom stereocenters. The topological polar surface area (TPSA) is 88.7 Å². The smallest absolute Gasteiger partial charge is 0.407 e. The monoisotopic (exact) mass is 381 g/mol. The van der Waals surface area contributed by atoms with Crippen LogP contribution in [-0.4, -0.2) is 51.7 Å². The van der Waals surface area contributed by atoms with Crippen LogP contribution in [0, 0.1) is 5.82 Å². The molecular weight excluding hydrogens is 361 g/mol. The molecule has 0 spiro atoms. The lowest BCUT2D eigenvalue weighted by Gasteiger charge is -2.30. The van der Waals surface area contributed by atoms with Crippen molar-refractivity contribution < 1.29 is 23.6 Å². The number of hydrogen-bond donors (Lipinski definition) is 1. The van der Waals surface area contributed by atoms with E-state index in [2.05, 4.69) is 10.1 Å². The van der Waals surface area contributed by atoms with Gasteiger partial charge < -0.3 is 19.3 Å². The van der Waals surface area contributed by atoms with Crippen LogP contribution in [0.5, 0.6) is 0 Å². The quantitative estimate of drug-likeness (QED) is 0.788. The molecule has 140 valence electrons. The lowest BCUT2D eigenvalue weighted by atomic mass is 10.1. The molecule has 1 saturated heterocycles. The van der Waals surface area contributed by atoms with Crippen LogP contribution in [0.3, 0.4) is 0 Å². The Hall–Kier alpha value is -2.13. The highest BCUT2D eigenvalue weighted by atomic mass is 32.2. The fourth-order valence-corrected chi connectivity index (χ4v) is 3.31. The molecule has 0 saturated carbocycles. The molecule has 2 heterocycles. The van der Waals surface area contributed by atoms with Crippen molar-refractivity contribution in [2.45, 2.75) is 36.9 Å². The van der Waals surface area contributed by atoms with Gasteiger partial charge >= 0.3 is 6.09 Å². The van der Waals surface area contributed by atoms with E-state index < -0.39 is 12.2 Å².